The van der Waals surface area contributed by atoms with Gasteiger partial charge in [0, 0.05) is 4.88 Å². The van der Waals surface area contributed by atoms with Crippen LogP contribution in [0.4, 0.5) is 4.79 Å². The molecule has 0 saturated heterocycles. The van der Waals surface area contributed by atoms with Crippen LogP contribution in [0.15, 0.2) is 78.2 Å². The third kappa shape index (κ3) is 4.36. The van der Waals surface area contributed by atoms with Crippen molar-refractivity contribution in [2.45, 2.75) is 12.1 Å². The first-order valence-corrected chi connectivity index (χ1v) is 9.03. The molecule has 2 aromatic carbocycles. The molecule has 3 amide bonds. The lowest BCUT2D eigenvalue weighted by Gasteiger charge is -2.25. The van der Waals surface area contributed by atoms with E-state index in [0.717, 1.165) is 16.0 Å². The molecule has 0 spiro atoms. The van der Waals surface area contributed by atoms with Gasteiger partial charge in [-0.15, -0.1) is 11.3 Å². The molecule has 132 valence electrons. The van der Waals surface area contributed by atoms with E-state index in [2.05, 4.69) is 10.6 Å². The van der Waals surface area contributed by atoms with Gasteiger partial charge < -0.3 is 5.73 Å². The highest BCUT2D eigenvalue weighted by atomic mass is 32.1. The lowest BCUT2D eigenvalue weighted by Crippen LogP contribution is -2.44. The second-order valence-corrected chi connectivity index (χ2v) is 6.70. The Morgan fingerprint density at radius 1 is 0.846 bits per heavy atom. The summed E-state index contributed by atoms with van der Waals surface area (Å²) in [5.41, 5.74) is 6.93. The van der Waals surface area contributed by atoms with Crippen LogP contribution >= 0.6 is 11.3 Å². The summed E-state index contributed by atoms with van der Waals surface area (Å²) in [6.07, 6.45) is 0. The smallest absolute Gasteiger partial charge is 0.318 e. The summed E-state index contributed by atoms with van der Waals surface area (Å²) in [7, 11) is 0. The molecule has 6 heteroatoms. The molecule has 0 saturated carbocycles. The topological polar surface area (TPSA) is 84.2 Å². The van der Waals surface area contributed by atoms with Crippen molar-refractivity contribution in [1.29, 1.82) is 0 Å². The Hall–Kier alpha value is -2.96. The molecule has 0 aliphatic heterocycles. The van der Waals surface area contributed by atoms with E-state index >= 15 is 0 Å². The molecule has 4 N–H and O–H groups in total. The van der Waals surface area contributed by atoms with Crippen molar-refractivity contribution in [1.82, 2.24) is 10.6 Å². The monoisotopic (exact) mass is 365 g/mol. The Balaban J connectivity index is 1.97. The van der Waals surface area contributed by atoms with E-state index in [0.29, 0.717) is 0 Å². The zero-order chi connectivity index (χ0) is 18.4. The molecule has 1 heterocycles. The Bertz CT molecular complexity index is 851. The highest BCUT2D eigenvalue weighted by Gasteiger charge is 2.26. The van der Waals surface area contributed by atoms with Crippen LogP contribution in [0.25, 0.3) is 0 Å². The van der Waals surface area contributed by atoms with Crippen LogP contribution in [0.3, 0.4) is 0 Å². The molecule has 0 aliphatic carbocycles. The molecule has 2 atom stereocenters. The number of primary amides is 1. The SMILES string of the molecule is NC(=O)NC(=O)[C@@H](N[C@H](c1ccccc1)c1cccs1)c1ccccc1. The first kappa shape index (κ1) is 17.8. The number of amides is 3. The highest BCUT2D eigenvalue weighted by molar-refractivity contribution is 7.10. The summed E-state index contributed by atoms with van der Waals surface area (Å²) in [5.74, 6) is -0.485. The fourth-order valence-corrected chi connectivity index (χ4v) is 3.58. The minimum Gasteiger partial charge on any atom is -0.351 e. The molecule has 3 aromatic rings. The lowest BCUT2D eigenvalue weighted by molar-refractivity contribution is -0.122. The lowest BCUT2D eigenvalue weighted by atomic mass is 10.0. The molecule has 5 nitrogen and oxygen atoms in total. The predicted molar refractivity (Wildman–Crippen MR) is 103 cm³/mol. The maximum absolute atomic E-state index is 12.6. The van der Waals surface area contributed by atoms with E-state index in [1.807, 2.05) is 78.2 Å². The van der Waals surface area contributed by atoms with E-state index in [4.69, 9.17) is 5.73 Å². The van der Waals surface area contributed by atoms with Gasteiger partial charge in [0.2, 0.25) is 5.91 Å². The van der Waals surface area contributed by atoms with E-state index < -0.39 is 18.0 Å². The van der Waals surface area contributed by atoms with Gasteiger partial charge in [-0.1, -0.05) is 66.7 Å². The number of carbonyl (C=O) groups is 2. The summed E-state index contributed by atoms with van der Waals surface area (Å²) in [4.78, 5) is 24.9. The Morgan fingerprint density at radius 3 is 2.00 bits per heavy atom. The Morgan fingerprint density at radius 2 is 1.46 bits per heavy atom. The molecule has 0 radical (unpaired) electrons. The van der Waals surface area contributed by atoms with Gasteiger partial charge in [0.15, 0.2) is 0 Å². The summed E-state index contributed by atoms with van der Waals surface area (Å²) < 4.78 is 0. The molecule has 3 rings (SSSR count). The fraction of sp³-hybridized carbons (Fsp3) is 0.100. The number of nitrogens with one attached hydrogen (secondary N) is 2. The van der Waals surface area contributed by atoms with Crippen molar-refractivity contribution in [3.63, 3.8) is 0 Å². The number of carbonyl (C=O) groups excluding carboxylic acids is 2. The summed E-state index contributed by atoms with van der Waals surface area (Å²) in [6.45, 7) is 0. The van der Waals surface area contributed by atoms with E-state index in [-0.39, 0.29) is 6.04 Å². The van der Waals surface area contributed by atoms with Gasteiger partial charge in [0.25, 0.3) is 0 Å². The van der Waals surface area contributed by atoms with Crippen LogP contribution in [0.2, 0.25) is 0 Å². The molecule has 1 aromatic heterocycles. The third-order valence-corrected chi connectivity index (χ3v) is 4.87. The van der Waals surface area contributed by atoms with Crippen molar-refractivity contribution in [2.75, 3.05) is 0 Å². The zero-order valence-electron chi connectivity index (χ0n) is 14.0. The second kappa shape index (κ2) is 8.42. The van der Waals surface area contributed by atoms with Gasteiger partial charge in [-0.2, -0.15) is 0 Å². The van der Waals surface area contributed by atoms with Crippen LogP contribution in [0.5, 0.6) is 0 Å². The number of rotatable bonds is 6. The van der Waals surface area contributed by atoms with Crippen molar-refractivity contribution in [2.24, 2.45) is 5.73 Å². The van der Waals surface area contributed by atoms with E-state index in [9.17, 15) is 9.59 Å². The number of hydrogen-bond donors (Lipinski definition) is 3. The molecule has 26 heavy (non-hydrogen) atoms. The standard InChI is InChI=1S/C20H19N3O2S/c21-20(25)23-19(24)18(15-10-5-2-6-11-15)22-17(16-12-7-13-26-16)14-8-3-1-4-9-14/h1-13,17-18,22H,(H3,21,23,24,25)/t17-,18+/m1/s1. The van der Waals surface area contributed by atoms with Gasteiger partial charge in [0.1, 0.15) is 6.04 Å². The quantitative estimate of drug-likeness (QED) is 0.626. The van der Waals surface area contributed by atoms with Crippen molar-refractivity contribution < 1.29 is 9.59 Å². The molecule has 0 unspecified atom stereocenters. The summed E-state index contributed by atoms with van der Waals surface area (Å²) in [6, 6.07) is 21.3. The normalized spacial score (nSPS) is 12.9. The first-order valence-electron chi connectivity index (χ1n) is 8.15. The number of hydrogen-bond acceptors (Lipinski definition) is 4. The van der Waals surface area contributed by atoms with Crippen molar-refractivity contribution in [3.8, 4) is 0 Å². The van der Waals surface area contributed by atoms with Crippen LogP contribution in [-0.2, 0) is 4.79 Å². The predicted octanol–water partition coefficient (Wildman–Crippen LogP) is 3.36. The fourth-order valence-electron chi connectivity index (χ4n) is 2.77. The number of nitrogens with two attached hydrogens (primary N) is 1. The first-order chi connectivity index (χ1) is 12.6. The summed E-state index contributed by atoms with van der Waals surface area (Å²) in [5, 5.41) is 7.56. The van der Waals surface area contributed by atoms with Gasteiger partial charge in [-0.3, -0.25) is 15.4 Å². The average molecular weight is 365 g/mol. The number of imide groups is 1. The highest BCUT2D eigenvalue weighted by Crippen LogP contribution is 2.29. The average Bonchev–Trinajstić information content (AvgIpc) is 3.17. The zero-order valence-corrected chi connectivity index (χ0v) is 14.8. The third-order valence-electron chi connectivity index (χ3n) is 3.94. The molecule has 0 aliphatic rings. The van der Waals surface area contributed by atoms with Gasteiger partial charge >= 0.3 is 6.03 Å². The van der Waals surface area contributed by atoms with Gasteiger partial charge in [-0.05, 0) is 22.6 Å². The van der Waals surface area contributed by atoms with E-state index in [1.54, 1.807) is 11.3 Å². The van der Waals surface area contributed by atoms with Crippen molar-refractivity contribution >= 4 is 23.3 Å². The van der Waals surface area contributed by atoms with Crippen molar-refractivity contribution in [3.05, 3.63) is 94.2 Å². The second-order valence-electron chi connectivity index (χ2n) is 5.72. The Kier molecular flexibility index (Phi) is 5.78. The Labute approximate surface area is 155 Å². The molecule has 0 bridgehead atoms. The molecular weight excluding hydrogens is 346 g/mol. The minimum absolute atomic E-state index is 0.194. The molecular formula is C20H19N3O2S. The van der Waals surface area contributed by atoms with Crippen LogP contribution < -0.4 is 16.4 Å². The van der Waals surface area contributed by atoms with Crippen LogP contribution in [0, 0.1) is 0 Å². The number of urea groups is 1. The molecule has 0 fully saturated rings. The minimum atomic E-state index is -0.870. The number of benzene rings is 2. The van der Waals surface area contributed by atoms with Crippen LogP contribution in [0.1, 0.15) is 28.1 Å². The van der Waals surface area contributed by atoms with Crippen LogP contribution in [-0.4, -0.2) is 11.9 Å². The van der Waals surface area contributed by atoms with Gasteiger partial charge in [0.05, 0.1) is 6.04 Å². The number of thiophene rings is 1. The van der Waals surface area contributed by atoms with E-state index in [1.165, 1.54) is 0 Å². The summed E-state index contributed by atoms with van der Waals surface area (Å²) >= 11 is 1.60. The largest absolute Gasteiger partial charge is 0.351 e. The van der Waals surface area contributed by atoms with Gasteiger partial charge in [-0.25, -0.2) is 4.79 Å². The maximum Gasteiger partial charge on any atom is 0.318 e. The maximum atomic E-state index is 12.6.